The van der Waals surface area contributed by atoms with E-state index < -0.39 is 23.4 Å². The second kappa shape index (κ2) is 9.92. The van der Waals surface area contributed by atoms with Gasteiger partial charge in [0, 0.05) is 12.1 Å². The van der Waals surface area contributed by atoms with Crippen LogP contribution in [0, 0.1) is 22.0 Å². The fraction of sp³-hybridized carbons (Fsp3) is 0.333. The summed E-state index contributed by atoms with van der Waals surface area (Å²) in [6.45, 7) is -0.705. The van der Waals surface area contributed by atoms with Gasteiger partial charge in [-0.3, -0.25) is 29.4 Å². The average molecular weight is 481 g/mol. The maximum atomic E-state index is 12.8. The first kappa shape index (κ1) is 23.9. The van der Waals surface area contributed by atoms with Crippen molar-refractivity contribution in [2.45, 2.75) is 25.7 Å². The number of carbonyl (C=O) groups excluding carboxylic acids is 4. The van der Waals surface area contributed by atoms with Crippen LogP contribution in [0.3, 0.4) is 0 Å². The van der Waals surface area contributed by atoms with Crippen LogP contribution in [-0.4, -0.2) is 42.3 Å². The van der Waals surface area contributed by atoms with Crippen LogP contribution in [-0.2, 0) is 19.1 Å². The van der Waals surface area contributed by atoms with E-state index in [1.165, 1.54) is 43.5 Å². The van der Waals surface area contributed by atoms with Crippen molar-refractivity contribution in [1.82, 2.24) is 0 Å². The molecule has 1 saturated carbocycles. The first-order valence-corrected chi connectivity index (χ1v) is 11.1. The van der Waals surface area contributed by atoms with Crippen molar-refractivity contribution in [2.75, 3.05) is 23.9 Å². The molecule has 2 fully saturated rings. The number of nitro benzene ring substituents is 1. The Morgan fingerprint density at radius 3 is 2.40 bits per heavy atom. The van der Waals surface area contributed by atoms with Gasteiger partial charge in [0.05, 0.1) is 35.1 Å². The molecule has 4 rings (SSSR count). The zero-order valence-electron chi connectivity index (χ0n) is 18.9. The first-order chi connectivity index (χ1) is 16.8. The van der Waals surface area contributed by atoms with E-state index in [9.17, 15) is 29.3 Å². The van der Waals surface area contributed by atoms with Gasteiger partial charge in [0.2, 0.25) is 11.8 Å². The highest BCUT2D eigenvalue weighted by atomic mass is 16.6. The van der Waals surface area contributed by atoms with Crippen LogP contribution in [0.1, 0.15) is 36.0 Å². The number of rotatable bonds is 7. The molecule has 0 aromatic heterocycles. The number of esters is 1. The zero-order chi connectivity index (χ0) is 25.1. The Morgan fingerprint density at radius 1 is 1.09 bits per heavy atom. The minimum Gasteiger partial charge on any atom is -0.497 e. The topological polar surface area (TPSA) is 145 Å². The first-order valence-electron chi connectivity index (χ1n) is 11.1. The number of methoxy groups -OCH3 is 1. The van der Waals surface area contributed by atoms with E-state index in [1.54, 1.807) is 6.07 Å². The number of ether oxygens (including phenoxy) is 2. The number of anilines is 2. The van der Waals surface area contributed by atoms with Gasteiger partial charge in [-0.25, -0.2) is 4.79 Å². The quantitative estimate of drug-likeness (QED) is 0.275. The molecular weight excluding hydrogens is 458 g/mol. The lowest BCUT2D eigenvalue weighted by atomic mass is 9.81. The molecule has 3 amide bonds. The van der Waals surface area contributed by atoms with E-state index in [1.807, 2.05) is 0 Å². The number of nitrogens with one attached hydrogen (secondary N) is 1. The Kier molecular flexibility index (Phi) is 6.76. The van der Waals surface area contributed by atoms with Crippen LogP contribution >= 0.6 is 0 Å². The van der Waals surface area contributed by atoms with Gasteiger partial charge in [0.1, 0.15) is 11.4 Å². The number of carbonyl (C=O) groups is 4. The normalized spacial score (nSPS) is 19.2. The van der Waals surface area contributed by atoms with Crippen LogP contribution < -0.4 is 15.0 Å². The smallest absolute Gasteiger partial charge is 0.338 e. The van der Waals surface area contributed by atoms with Crippen molar-refractivity contribution >= 4 is 40.8 Å². The van der Waals surface area contributed by atoms with Crippen LogP contribution in [0.25, 0.3) is 0 Å². The lowest BCUT2D eigenvalue weighted by molar-refractivity contribution is -0.383. The van der Waals surface area contributed by atoms with Gasteiger partial charge in [-0.1, -0.05) is 18.9 Å². The second-order valence-electron chi connectivity index (χ2n) is 8.32. The summed E-state index contributed by atoms with van der Waals surface area (Å²) < 4.78 is 10.1. The highest BCUT2D eigenvalue weighted by Gasteiger charge is 2.48. The molecule has 35 heavy (non-hydrogen) atoms. The van der Waals surface area contributed by atoms with Crippen molar-refractivity contribution in [1.29, 1.82) is 0 Å². The molecule has 0 unspecified atom stereocenters. The maximum Gasteiger partial charge on any atom is 0.338 e. The van der Waals surface area contributed by atoms with E-state index in [2.05, 4.69) is 5.32 Å². The molecule has 2 atom stereocenters. The predicted molar refractivity (Wildman–Crippen MR) is 123 cm³/mol. The lowest BCUT2D eigenvalue weighted by Crippen LogP contribution is -2.31. The monoisotopic (exact) mass is 481 g/mol. The summed E-state index contributed by atoms with van der Waals surface area (Å²) in [6, 6.07) is 9.75. The van der Waals surface area contributed by atoms with Crippen molar-refractivity contribution in [3.63, 3.8) is 0 Å². The Balaban J connectivity index is 1.42. The van der Waals surface area contributed by atoms with E-state index in [0.29, 0.717) is 18.6 Å². The molecule has 11 nitrogen and oxygen atoms in total. The third-order valence-electron chi connectivity index (χ3n) is 6.19. The van der Waals surface area contributed by atoms with E-state index in [-0.39, 0.29) is 46.3 Å². The summed E-state index contributed by atoms with van der Waals surface area (Å²) in [4.78, 5) is 62.1. The number of imide groups is 1. The number of amides is 3. The van der Waals surface area contributed by atoms with E-state index in [4.69, 9.17) is 9.47 Å². The molecule has 2 aromatic carbocycles. The minimum atomic E-state index is -0.848. The molecule has 11 heteroatoms. The third kappa shape index (κ3) is 4.84. The number of benzene rings is 2. The molecule has 1 N–H and O–H groups in total. The summed E-state index contributed by atoms with van der Waals surface area (Å²) in [5.41, 5.74) is -0.123. The Bertz CT molecular complexity index is 1190. The van der Waals surface area contributed by atoms with Crippen LogP contribution in [0.4, 0.5) is 17.1 Å². The van der Waals surface area contributed by atoms with Crippen LogP contribution in [0.2, 0.25) is 0 Å². The highest BCUT2D eigenvalue weighted by molar-refractivity contribution is 6.22. The Morgan fingerprint density at radius 2 is 1.77 bits per heavy atom. The summed E-state index contributed by atoms with van der Waals surface area (Å²) >= 11 is 0. The average Bonchev–Trinajstić information content (AvgIpc) is 3.12. The summed E-state index contributed by atoms with van der Waals surface area (Å²) in [7, 11) is 1.37. The zero-order valence-corrected chi connectivity index (χ0v) is 18.9. The number of fused-ring (bicyclic) bond motifs is 1. The van der Waals surface area contributed by atoms with Crippen LogP contribution in [0.5, 0.6) is 5.75 Å². The van der Waals surface area contributed by atoms with Gasteiger partial charge in [-0.2, -0.15) is 0 Å². The molecule has 1 aliphatic carbocycles. The Hall–Kier alpha value is -4.28. The second-order valence-corrected chi connectivity index (χ2v) is 8.32. The fourth-order valence-electron chi connectivity index (χ4n) is 4.49. The van der Waals surface area contributed by atoms with Gasteiger partial charge in [-0.05, 0) is 37.1 Å². The van der Waals surface area contributed by atoms with Crippen molar-refractivity contribution in [3.05, 3.63) is 58.1 Å². The molecule has 1 heterocycles. The van der Waals surface area contributed by atoms with Gasteiger partial charge in [0.25, 0.3) is 11.6 Å². The SMILES string of the molecule is COc1ccc([N+](=O)[O-])c(NC(=O)COC(=O)c2cccc(N3C(=O)[C@H]4CCCC[C@H]4C3=O)c2)c1. The molecule has 0 radical (unpaired) electrons. The predicted octanol–water partition coefficient (Wildman–Crippen LogP) is 3.08. The van der Waals surface area contributed by atoms with Gasteiger partial charge in [-0.15, -0.1) is 0 Å². The Labute approximate surface area is 200 Å². The number of hydrogen-bond donors (Lipinski definition) is 1. The summed E-state index contributed by atoms with van der Waals surface area (Å²) in [5, 5.41) is 13.5. The molecule has 2 aromatic rings. The standard InChI is InChI=1S/C24H23N3O8/c1-34-16-9-10-20(27(32)33)19(12-16)25-21(28)13-35-24(31)14-5-4-6-15(11-14)26-22(29)17-7-2-3-8-18(17)23(26)30/h4-6,9-12,17-18H,2-3,7-8,13H2,1H3,(H,25,28)/t17-,18+. The molecule has 1 aliphatic heterocycles. The maximum absolute atomic E-state index is 12.8. The van der Waals surface area contributed by atoms with Crippen molar-refractivity contribution in [3.8, 4) is 5.75 Å². The van der Waals surface area contributed by atoms with Gasteiger partial charge in [0.15, 0.2) is 6.61 Å². The summed E-state index contributed by atoms with van der Waals surface area (Å²) in [5.74, 6) is -2.51. The van der Waals surface area contributed by atoms with Crippen molar-refractivity contribution < 1.29 is 33.6 Å². The molecule has 0 spiro atoms. The van der Waals surface area contributed by atoms with E-state index >= 15 is 0 Å². The fourth-order valence-corrected chi connectivity index (χ4v) is 4.49. The number of hydrogen-bond acceptors (Lipinski definition) is 8. The minimum absolute atomic E-state index is 0.0538. The molecule has 2 aliphatic rings. The number of nitrogens with zero attached hydrogens (tertiary/aromatic N) is 2. The van der Waals surface area contributed by atoms with E-state index in [0.717, 1.165) is 17.7 Å². The van der Waals surface area contributed by atoms with Gasteiger partial charge >= 0.3 is 5.97 Å². The molecule has 0 bridgehead atoms. The molecular formula is C24H23N3O8. The number of nitro groups is 1. The van der Waals surface area contributed by atoms with Gasteiger partial charge < -0.3 is 14.8 Å². The largest absolute Gasteiger partial charge is 0.497 e. The summed E-state index contributed by atoms with van der Waals surface area (Å²) in [6.07, 6.45) is 3.16. The van der Waals surface area contributed by atoms with Crippen molar-refractivity contribution in [2.24, 2.45) is 11.8 Å². The third-order valence-corrected chi connectivity index (χ3v) is 6.19. The van der Waals surface area contributed by atoms with Crippen LogP contribution in [0.15, 0.2) is 42.5 Å². The lowest BCUT2D eigenvalue weighted by Gasteiger charge is -2.19. The highest BCUT2D eigenvalue weighted by Crippen LogP contribution is 2.40. The molecule has 182 valence electrons. The molecule has 1 saturated heterocycles.